The normalized spacial score (nSPS) is 12.7. The van der Waals surface area contributed by atoms with Crippen LogP contribution >= 0.6 is 0 Å². The predicted molar refractivity (Wildman–Crippen MR) is 59.3 cm³/mol. The van der Waals surface area contributed by atoms with Gasteiger partial charge in [-0.15, -0.1) is 6.58 Å². The van der Waals surface area contributed by atoms with E-state index >= 15 is 0 Å². The van der Waals surface area contributed by atoms with E-state index in [9.17, 15) is 0 Å². The van der Waals surface area contributed by atoms with Gasteiger partial charge in [-0.25, -0.2) is 0 Å². The maximum absolute atomic E-state index is 5.65. The van der Waals surface area contributed by atoms with Gasteiger partial charge in [-0.2, -0.15) is 0 Å². The van der Waals surface area contributed by atoms with Gasteiger partial charge in [-0.3, -0.25) is 0 Å². The summed E-state index contributed by atoms with van der Waals surface area (Å²) in [6.45, 7) is 9.02. The zero-order valence-electron chi connectivity index (χ0n) is 9.05. The van der Waals surface area contributed by atoms with Crippen LogP contribution in [-0.2, 0) is 6.42 Å². The molecule has 2 heteroatoms. The number of rotatable bonds is 6. The molecule has 1 heterocycles. The second kappa shape index (κ2) is 5.66. The van der Waals surface area contributed by atoms with Crippen LogP contribution in [0.15, 0.2) is 29.2 Å². The van der Waals surface area contributed by atoms with Gasteiger partial charge in [0.25, 0.3) is 0 Å². The predicted octanol–water partition coefficient (Wildman–Crippen LogP) is 3.07. The van der Waals surface area contributed by atoms with Crippen molar-refractivity contribution < 1.29 is 4.42 Å². The highest BCUT2D eigenvalue weighted by Crippen LogP contribution is 2.17. The Balaban J connectivity index is 2.63. The summed E-state index contributed by atoms with van der Waals surface area (Å²) in [5, 5.41) is 3.36. The lowest BCUT2D eigenvalue weighted by Gasteiger charge is -2.10. The van der Waals surface area contributed by atoms with Crippen LogP contribution in [0.5, 0.6) is 0 Å². The maximum Gasteiger partial charge on any atom is 0.125 e. The zero-order chi connectivity index (χ0) is 10.4. The van der Waals surface area contributed by atoms with Crippen LogP contribution in [-0.4, -0.2) is 6.54 Å². The second-order valence-corrected chi connectivity index (χ2v) is 3.33. The lowest BCUT2D eigenvalue weighted by atomic mass is 10.2. The van der Waals surface area contributed by atoms with Crippen molar-refractivity contribution in [1.82, 2.24) is 5.32 Å². The Morgan fingerprint density at radius 1 is 1.50 bits per heavy atom. The number of aryl methyl sites for hydroxylation is 1. The first kappa shape index (κ1) is 11.1. The molecule has 2 nitrogen and oxygen atoms in total. The molecule has 0 aliphatic carbocycles. The van der Waals surface area contributed by atoms with Gasteiger partial charge >= 0.3 is 0 Å². The van der Waals surface area contributed by atoms with Crippen molar-refractivity contribution in [3.05, 3.63) is 36.3 Å². The minimum absolute atomic E-state index is 0.148. The minimum Gasteiger partial charge on any atom is -0.464 e. The molecule has 0 aliphatic heterocycles. The van der Waals surface area contributed by atoms with Crippen LogP contribution in [0.1, 0.15) is 37.8 Å². The summed E-state index contributed by atoms with van der Waals surface area (Å²) in [4.78, 5) is 0. The Labute approximate surface area is 86.0 Å². The molecule has 0 amide bonds. The van der Waals surface area contributed by atoms with Crippen LogP contribution < -0.4 is 5.32 Å². The molecular weight excluding hydrogens is 174 g/mol. The molecule has 1 rings (SSSR count). The summed E-state index contributed by atoms with van der Waals surface area (Å²) in [6.07, 6.45) is 3.94. The summed E-state index contributed by atoms with van der Waals surface area (Å²) in [5.41, 5.74) is 0. The fourth-order valence-corrected chi connectivity index (χ4v) is 1.35. The maximum atomic E-state index is 5.65. The van der Waals surface area contributed by atoms with E-state index in [0.29, 0.717) is 0 Å². The van der Waals surface area contributed by atoms with E-state index in [4.69, 9.17) is 4.42 Å². The third kappa shape index (κ3) is 2.74. The van der Waals surface area contributed by atoms with Crippen molar-refractivity contribution >= 4 is 0 Å². The van der Waals surface area contributed by atoms with Crippen LogP contribution in [0.4, 0.5) is 0 Å². The Kier molecular flexibility index (Phi) is 4.47. The summed E-state index contributed by atoms with van der Waals surface area (Å²) in [7, 11) is 0. The summed E-state index contributed by atoms with van der Waals surface area (Å²) in [5.74, 6) is 2.00. The molecule has 1 aromatic heterocycles. The summed E-state index contributed by atoms with van der Waals surface area (Å²) >= 11 is 0. The highest BCUT2D eigenvalue weighted by atomic mass is 16.3. The molecule has 1 atom stereocenters. The van der Waals surface area contributed by atoms with Crippen molar-refractivity contribution in [3.8, 4) is 0 Å². The molecule has 14 heavy (non-hydrogen) atoms. The van der Waals surface area contributed by atoms with E-state index in [0.717, 1.165) is 30.9 Å². The molecular formula is C12H19NO. The van der Waals surface area contributed by atoms with Gasteiger partial charge < -0.3 is 9.73 Å². The Hall–Kier alpha value is -1.02. The van der Waals surface area contributed by atoms with Crippen molar-refractivity contribution in [3.63, 3.8) is 0 Å². The molecule has 0 saturated carbocycles. The van der Waals surface area contributed by atoms with Gasteiger partial charge in [0.05, 0.1) is 6.04 Å². The number of hydrogen-bond donors (Lipinski definition) is 1. The first-order valence-corrected chi connectivity index (χ1v) is 5.26. The highest BCUT2D eigenvalue weighted by Gasteiger charge is 2.10. The van der Waals surface area contributed by atoms with Crippen molar-refractivity contribution in [2.24, 2.45) is 0 Å². The fraction of sp³-hybridized carbons (Fsp3) is 0.500. The van der Waals surface area contributed by atoms with Gasteiger partial charge in [0.2, 0.25) is 0 Å². The second-order valence-electron chi connectivity index (χ2n) is 3.33. The van der Waals surface area contributed by atoms with E-state index in [2.05, 4.69) is 25.7 Å². The van der Waals surface area contributed by atoms with Crippen molar-refractivity contribution in [1.29, 1.82) is 0 Å². The van der Waals surface area contributed by atoms with Crippen molar-refractivity contribution in [2.75, 3.05) is 6.54 Å². The molecule has 0 spiro atoms. The molecule has 78 valence electrons. The highest BCUT2D eigenvalue weighted by molar-refractivity contribution is 5.14. The Bertz CT molecular complexity index is 278. The van der Waals surface area contributed by atoms with Crippen LogP contribution in [0.2, 0.25) is 0 Å². The SMILES string of the molecule is C=CC(NCCC)c1ccc(CC)o1. The number of nitrogens with one attached hydrogen (secondary N) is 1. The molecule has 0 aliphatic rings. The van der Waals surface area contributed by atoms with Crippen molar-refractivity contribution in [2.45, 2.75) is 32.7 Å². The summed E-state index contributed by atoms with van der Waals surface area (Å²) in [6, 6.07) is 4.20. The standard InChI is InChI=1S/C12H19NO/c1-4-9-13-11(6-3)12-8-7-10(5-2)14-12/h6-8,11,13H,3-5,9H2,1-2H3. The van der Waals surface area contributed by atoms with E-state index in [-0.39, 0.29) is 6.04 Å². The Morgan fingerprint density at radius 2 is 2.29 bits per heavy atom. The molecule has 0 bridgehead atoms. The van der Waals surface area contributed by atoms with Crippen LogP contribution in [0.25, 0.3) is 0 Å². The fourth-order valence-electron chi connectivity index (χ4n) is 1.35. The number of furan rings is 1. The number of hydrogen-bond acceptors (Lipinski definition) is 2. The largest absolute Gasteiger partial charge is 0.464 e. The smallest absolute Gasteiger partial charge is 0.125 e. The molecule has 1 unspecified atom stereocenters. The van der Waals surface area contributed by atoms with E-state index in [1.165, 1.54) is 0 Å². The lowest BCUT2D eigenvalue weighted by molar-refractivity contribution is 0.427. The molecule has 0 aromatic carbocycles. The van der Waals surface area contributed by atoms with Gasteiger partial charge in [0, 0.05) is 6.42 Å². The quantitative estimate of drug-likeness (QED) is 0.702. The first-order valence-electron chi connectivity index (χ1n) is 5.26. The van der Waals surface area contributed by atoms with Gasteiger partial charge in [0.1, 0.15) is 11.5 Å². The average Bonchev–Trinajstić information content (AvgIpc) is 2.68. The Morgan fingerprint density at radius 3 is 2.79 bits per heavy atom. The molecule has 0 saturated heterocycles. The minimum atomic E-state index is 0.148. The molecule has 1 N–H and O–H groups in total. The first-order chi connectivity index (χ1) is 6.81. The molecule has 0 radical (unpaired) electrons. The average molecular weight is 193 g/mol. The molecule has 1 aromatic rings. The topological polar surface area (TPSA) is 25.2 Å². The van der Waals surface area contributed by atoms with E-state index in [1.54, 1.807) is 0 Å². The third-order valence-electron chi connectivity index (χ3n) is 2.19. The monoisotopic (exact) mass is 193 g/mol. The van der Waals surface area contributed by atoms with Crippen LogP contribution in [0, 0.1) is 0 Å². The van der Waals surface area contributed by atoms with Gasteiger partial charge in [-0.1, -0.05) is 19.9 Å². The van der Waals surface area contributed by atoms with Gasteiger partial charge in [0.15, 0.2) is 0 Å². The zero-order valence-corrected chi connectivity index (χ0v) is 9.05. The summed E-state index contributed by atoms with van der Waals surface area (Å²) < 4.78 is 5.65. The molecule has 0 fully saturated rings. The lowest BCUT2D eigenvalue weighted by Crippen LogP contribution is -2.19. The van der Waals surface area contributed by atoms with E-state index in [1.807, 2.05) is 18.2 Å². The van der Waals surface area contributed by atoms with Gasteiger partial charge in [-0.05, 0) is 25.1 Å². The van der Waals surface area contributed by atoms with Crippen LogP contribution in [0.3, 0.4) is 0 Å². The van der Waals surface area contributed by atoms with E-state index < -0.39 is 0 Å². The third-order valence-corrected chi connectivity index (χ3v) is 2.19.